The number of carbonyl (C=O) groups is 2. The van der Waals surface area contributed by atoms with Crippen LogP contribution in [-0.4, -0.2) is 36.4 Å². The first-order valence-corrected chi connectivity index (χ1v) is 4.08. The van der Waals surface area contributed by atoms with Crippen LogP contribution in [0.3, 0.4) is 0 Å². The zero-order valence-electron chi connectivity index (χ0n) is 7.73. The van der Waals surface area contributed by atoms with Crippen LogP contribution in [0.1, 0.15) is 6.42 Å². The SMILES string of the molecule is C=CCOC(=O)N[C@@H](CCN)C(=O)O. The van der Waals surface area contributed by atoms with Crippen molar-refractivity contribution in [2.24, 2.45) is 5.73 Å². The van der Waals surface area contributed by atoms with Gasteiger partial charge in [0.1, 0.15) is 12.6 Å². The van der Waals surface area contributed by atoms with E-state index < -0.39 is 18.1 Å². The molecule has 6 nitrogen and oxygen atoms in total. The van der Waals surface area contributed by atoms with Gasteiger partial charge in [-0.1, -0.05) is 12.7 Å². The van der Waals surface area contributed by atoms with Crippen molar-refractivity contribution in [1.29, 1.82) is 0 Å². The van der Waals surface area contributed by atoms with Crippen LogP contribution in [0.4, 0.5) is 4.79 Å². The van der Waals surface area contributed by atoms with Gasteiger partial charge in [-0.3, -0.25) is 0 Å². The third-order valence-corrected chi connectivity index (χ3v) is 1.38. The first-order valence-electron chi connectivity index (χ1n) is 4.08. The number of nitrogens with two attached hydrogens (primary N) is 1. The molecule has 0 unspecified atom stereocenters. The Morgan fingerprint density at radius 3 is 2.71 bits per heavy atom. The monoisotopic (exact) mass is 202 g/mol. The maximum atomic E-state index is 10.9. The highest BCUT2D eigenvalue weighted by Crippen LogP contribution is 1.91. The number of amides is 1. The summed E-state index contributed by atoms with van der Waals surface area (Å²) in [4.78, 5) is 21.5. The van der Waals surface area contributed by atoms with Gasteiger partial charge in [-0.2, -0.15) is 0 Å². The number of rotatable bonds is 6. The molecule has 6 heteroatoms. The molecule has 0 bridgehead atoms. The topological polar surface area (TPSA) is 102 Å². The third kappa shape index (κ3) is 5.15. The van der Waals surface area contributed by atoms with Crippen LogP contribution >= 0.6 is 0 Å². The van der Waals surface area contributed by atoms with Crippen molar-refractivity contribution in [3.63, 3.8) is 0 Å². The summed E-state index contributed by atoms with van der Waals surface area (Å²) in [6.07, 6.45) is 0.766. The molecular formula is C8H14N2O4. The predicted octanol–water partition coefficient (Wildman–Crippen LogP) is -0.299. The summed E-state index contributed by atoms with van der Waals surface area (Å²) in [5.74, 6) is -1.13. The summed E-state index contributed by atoms with van der Waals surface area (Å²) >= 11 is 0. The van der Waals surface area contributed by atoms with E-state index in [-0.39, 0.29) is 19.6 Å². The zero-order chi connectivity index (χ0) is 11.0. The normalized spacial score (nSPS) is 11.5. The molecule has 0 aromatic carbocycles. The van der Waals surface area contributed by atoms with Crippen molar-refractivity contribution in [3.8, 4) is 0 Å². The number of hydrogen-bond acceptors (Lipinski definition) is 4. The standard InChI is InChI=1S/C8H14N2O4/c1-2-5-14-8(13)10-6(3-4-9)7(11)12/h2,6H,1,3-5,9H2,(H,10,13)(H,11,12)/t6-/m0/s1. The summed E-state index contributed by atoms with van der Waals surface area (Å²) in [5, 5.41) is 10.8. The molecule has 1 atom stereocenters. The fourth-order valence-electron chi connectivity index (χ4n) is 0.743. The van der Waals surface area contributed by atoms with Crippen molar-refractivity contribution in [3.05, 3.63) is 12.7 Å². The minimum atomic E-state index is -1.13. The van der Waals surface area contributed by atoms with Crippen molar-refractivity contribution in [2.75, 3.05) is 13.2 Å². The molecular weight excluding hydrogens is 188 g/mol. The van der Waals surface area contributed by atoms with E-state index in [0.717, 1.165) is 0 Å². The Bertz CT molecular complexity index is 217. The third-order valence-electron chi connectivity index (χ3n) is 1.38. The lowest BCUT2D eigenvalue weighted by Gasteiger charge is -2.12. The van der Waals surface area contributed by atoms with Gasteiger partial charge in [-0.05, 0) is 13.0 Å². The van der Waals surface area contributed by atoms with E-state index in [9.17, 15) is 9.59 Å². The number of carbonyl (C=O) groups excluding carboxylic acids is 1. The number of aliphatic carboxylic acids is 1. The highest BCUT2D eigenvalue weighted by Gasteiger charge is 2.19. The maximum absolute atomic E-state index is 10.9. The Balaban J connectivity index is 3.95. The second-order valence-electron chi connectivity index (χ2n) is 2.50. The molecule has 0 saturated carbocycles. The molecule has 0 spiro atoms. The lowest BCUT2D eigenvalue weighted by molar-refractivity contribution is -0.139. The number of carboxylic acid groups (broad SMARTS) is 1. The maximum Gasteiger partial charge on any atom is 0.408 e. The van der Waals surface area contributed by atoms with Gasteiger partial charge < -0.3 is 20.9 Å². The first kappa shape index (κ1) is 12.4. The molecule has 0 rings (SSSR count). The van der Waals surface area contributed by atoms with Gasteiger partial charge in [0.05, 0.1) is 0 Å². The van der Waals surface area contributed by atoms with Crippen LogP contribution in [0.2, 0.25) is 0 Å². The number of carboxylic acids is 1. The van der Waals surface area contributed by atoms with Crippen LogP contribution in [0.15, 0.2) is 12.7 Å². The average molecular weight is 202 g/mol. The van der Waals surface area contributed by atoms with Gasteiger partial charge in [-0.15, -0.1) is 0 Å². The molecule has 0 fully saturated rings. The molecule has 0 aromatic rings. The van der Waals surface area contributed by atoms with E-state index >= 15 is 0 Å². The summed E-state index contributed by atoms with van der Waals surface area (Å²) in [5.41, 5.74) is 5.17. The van der Waals surface area contributed by atoms with Crippen LogP contribution in [0.5, 0.6) is 0 Å². The molecule has 0 aromatic heterocycles. The van der Waals surface area contributed by atoms with Gasteiger partial charge in [0, 0.05) is 0 Å². The Morgan fingerprint density at radius 1 is 1.64 bits per heavy atom. The fraction of sp³-hybridized carbons (Fsp3) is 0.500. The van der Waals surface area contributed by atoms with Gasteiger partial charge in [0.15, 0.2) is 0 Å². The molecule has 80 valence electrons. The summed E-state index contributed by atoms with van der Waals surface area (Å²) in [7, 11) is 0. The van der Waals surface area contributed by atoms with Crippen LogP contribution < -0.4 is 11.1 Å². The molecule has 0 aliphatic heterocycles. The lowest BCUT2D eigenvalue weighted by atomic mass is 10.2. The highest BCUT2D eigenvalue weighted by atomic mass is 16.5. The molecule has 0 aliphatic carbocycles. The van der Waals surface area contributed by atoms with Gasteiger partial charge in [-0.25, -0.2) is 9.59 Å². The molecule has 0 radical (unpaired) electrons. The zero-order valence-corrected chi connectivity index (χ0v) is 7.73. The summed E-state index contributed by atoms with van der Waals surface area (Å²) in [6, 6.07) is -1.00. The molecule has 4 N–H and O–H groups in total. The van der Waals surface area contributed by atoms with Gasteiger partial charge in [0.2, 0.25) is 0 Å². The Morgan fingerprint density at radius 2 is 2.29 bits per heavy atom. The Hall–Kier alpha value is -1.56. The molecule has 0 aliphatic rings. The first-order chi connectivity index (χ1) is 6.61. The second-order valence-corrected chi connectivity index (χ2v) is 2.50. The van der Waals surface area contributed by atoms with Crippen LogP contribution in [0.25, 0.3) is 0 Å². The predicted molar refractivity (Wildman–Crippen MR) is 49.8 cm³/mol. The quantitative estimate of drug-likeness (QED) is 0.513. The van der Waals surface area contributed by atoms with Gasteiger partial charge >= 0.3 is 12.1 Å². The van der Waals surface area contributed by atoms with E-state index in [0.29, 0.717) is 0 Å². The van der Waals surface area contributed by atoms with E-state index in [1.54, 1.807) is 0 Å². The van der Waals surface area contributed by atoms with Crippen molar-refractivity contribution >= 4 is 12.1 Å². The number of nitrogens with one attached hydrogen (secondary N) is 1. The molecule has 0 heterocycles. The fourth-order valence-corrected chi connectivity index (χ4v) is 0.743. The number of alkyl carbamates (subject to hydrolysis) is 1. The minimum Gasteiger partial charge on any atom is -0.480 e. The highest BCUT2D eigenvalue weighted by molar-refractivity contribution is 5.79. The average Bonchev–Trinajstić information content (AvgIpc) is 2.14. The number of ether oxygens (including phenoxy) is 1. The number of hydrogen-bond donors (Lipinski definition) is 3. The van der Waals surface area contributed by atoms with Crippen LogP contribution in [0, 0.1) is 0 Å². The molecule has 1 amide bonds. The van der Waals surface area contributed by atoms with Crippen molar-refractivity contribution < 1.29 is 19.4 Å². The van der Waals surface area contributed by atoms with Crippen molar-refractivity contribution in [2.45, 2.75) is 12.5 Å². The van der Waals surface area contributed by atoms with Gasteiger partial charge in [0.25, 0.3) is 0 Å². The van der Waals surface area contributed by atoms with Crippen molar-refractivity contribution in [1.82, 2.24) is 5.32 Å². The summed E-state index contributed by atoms with van der Waals surface area (Å²) < 4.78 is 4.55. The van der Waals surface area contributed by atoms with E-state index in [4.69, 9.17) is 10.8 Å². The largest absolute Gasteiger partial charge is 0.480 e. The Labute approximate surface area is 81.7 Å². The Kier molecular flexibility index (Phi) is 6.13. The second kappa shape index (κ2) is 6.90. The molecule has 14 heavy (non-hydrogen) atoms. The van der Waals surface area contributed by atoms with E-state index in [1.807, 2.05) is 0 Å². The van der Waals surface area contributed by atoms with E-state index in [1.165, 1.54) is 6.08 Å². The molecule has 0 saturated heterocycles. The lowest BCUT2D eigenvalue weighted by Crippen LogP contribution is -2.42. The van der Waals surface area contributed by atoms with E-state index in [2.05, 4.69) is 16.6 Å². The van der Waals surface area contributed by atoms with Crippen LogP contribution in [-0.2, 0) is 9.53 Å². The minimum absolute atomic E-state index is 0.0425. The summed E-state index contributed by atoms with van der Waals surface area (Å²) in [6.45, 7) is 3.56. The smallest absolute Gasteiger partial charge is 0.408 e.